The lowest BCUT2D eigenvalue weighted by atomic mass is 10.0. The maximum absolute atomic E-state index is 14.5. The SMILES string of the molecule is O=S(NCCO)c1ccc(-c2c(F)cnc3[nH]c(C4CC4)cc23)cc1. The van der Waals surface area contributed by atoms with Crippen molar-refractivity contribution in [1.82, 2.24) is 14.7 Å². The molecule has 1 fully saturated rings. The number of aromatic amines is 1. The number of fused-ring (bicyclic) bond motifs is 1. The summed E-state index contributed by atoms with van der Waals surface area (Å²) in [5.74, 6) is 0.161. The van der Waals surface area contributed by atoms with Crippen LogP contribution in [0.15, 0.2) is 41.4 Å². The van der Waals surface area contributed by atoms with Gasteiger partial charge in [0.1, 0.15) is 22.5 Å². The van der Waals surface area contributed by atoms with Crippen LogP contribution in [0.5, 0.6) is 0 Å². The van der Waals surface area contributed by atoms with Gasteiger partial charge in [0, 0.05) is 23.2 Å². The van der Waals surface area contributed by atoms with Crippen molar-refractivity contribution < 1.29 is 13.7 Å². The predicted octanol–water partition coefficient (Wildman–Crippen LogP) is 2.85. The molecule has 1 aliphatic carbocycles. The van der Waals surface area contributed by atoms with E-state index in [1.165, 1.54) is 6.20 Å². The first-order valence-corrected chi connectivity index (χ1v) is 9.36. The summed E-state index contributed by atoms with van der Waals surface area (Å²) in [5.41, 5.74) is 3.03. The molecule has 0 radical (unpaired) electrons. The van der Waals surface area contributed by atoms with Gasteiger partial charge in [-0.05, 0) is 42.5 Å². The van der Waals surface area contributed by atoms with E-state index in [-0.39, 0.29) is 19.0 Å². The topological polar surface area (TPSA) is 78.0 Å². The number of hydrogen-bond donors (Lipinski definition) is 3. The number of aromatic nitrogens is 2. The molecule has 0 aliphatic heterocycles. The smallest absolute Gasteiger partial charge is 0.150 e. The number of hydrogen-bond acceptors (Lipinski definition) is 3. The fraction of sp³-hybridized carbons (Fsp3) is 0.278. The number of aliphatic hydroxyl groups excluding tert-OH is 1. The highest BCUT2D eigenvalue weighted by Crippen LogP contribution is 2.42. The third-order valence-corrected chi connectivity index (χ3v) is 5.52. The molecule has 0 bridgehead atoms. The van der Waals surface area contributed by atoms with Crippen LogP contribution in [-0.4, -0.2) is 32.4 Å². The number of nitrogens with one attached hydrogen (secondary N) is 2. The lowest BCUT2D eigenvalue weighted by Gasteiger charge is -2.07. The molecular formula is C18H18FN3O2S. The van der Waals surface area contributed by atoms with Crippen molar-refractivity contribution in [3.05, 3.63) is 48.0 Å². The van der Waals surface area contributed by atoms with E-state index in [2.05, 4.69) is 14.7 Å². The summed E-state index contributed by atoms with van der Waals surface area (Å²) in [6.07, 6.45) is 3.55. The molecular weight excluding hydrogens is 341 g/mol. The van der Waals surface area contributed by atoms with E-state index < -0.39 is 11.0 Å². The van der Waals surface area contributed by atoms with Gasteiger partial charge in [-0.25, -0.2) is 18.3 Å². The number of nitrogens with zero attached hydrogens (tertiary/aromatic N) is 1. The van der Waals surface area contributed by atoms with Gasteiger partial charge in [-0.15, -0.1) is 0 Å². The van der Waals surface area contributed by atoms with Crippen molar-refractivity contribution >= 4 is 22.0 Å². The van der Waals surface area contributed by atoms with Gasteiger partial charge in [-0.2, -0.15) is 0 Å². The van der Waals surface area contributed by atoms with Crippen LogP contribution in [0, 0.1) is 5.82 Å². The third kappa shape index (κ3) is 3.22. The molecule has 2 aromatic heterocycles. The summed E-state index contributed by atoms with van der Waals surface area (Å²) >= 11 is 0. The number of H-pyrrole nitrogens is 1. The lowest BCUT2D eigenvalue weighted by Crippen LogP contribution is -2.20. The minimum absolute atomic E-state index is 0.0825. The largest absolute Gasteiger partial charge is 0.395 e. The number of benzene rings is 1. The molecule has 7 heteroatoms. The van der Waals surface area contributed by atoms with Crippen LogP contribution >= 0.6 is 0 Å². The van der Waals surface area contributed by atoms with Gasteiger partial charge in [0.2, 0.25) is 0 Å². The second-order valence-corrected chi connectivity index (χ2v) is 7.45. The maximum atomic E-state index is 14.5. The van der Waals surface area contributed by atoms with Crippen molar-refractivity contribution in [2.75, 3.05) is 13.2 Å². The number of rotatable bonds is 6. The Hall–Kier alpha value is -2.09. The molecule has 2 heterocycles. The Morgan fingerprint density at radius 2 is 2.08 bits per heavy atom. The average molecular weight is 359 g/mol. The van der Waals surface area contributed by atoms with Gasteiger partial charge in [-0.3, -0.25) is 0 Å². The van der Waals surface area contributed by atoms with Crippen LogP contribution in [0.3, 0.4) is 0 Å². The minimum Gasteiger partial charge on any atom is -0.395 e. The molecule has 5 nitrogen and oxygen atoms in total. The summed E-state index contributed by atoms with van der Waals surface area (Å²) in [6, 6.07) is 8.92. The first-order chi connectivity index (χ1) is 12.2. The van der Waals surface area contributed by atoms with E-state index >= 15 is 0 Å². The maximum Gasteiger partial charge on any atom is 0.150 e. The molecule has 0 saturated heterocycles. The number of pyridine rings is 1. The lowest BCUT2D eigenvalue weighted by molar-refractivity contribution is 0.302. The molecule has 4 rings (SSSR count). The molecule has 25 heavy (non-hydrogen) atoms. The molecule has 3 N–H and O–H groups in total. The van der Waals surface area contributed by atoms with Crippen LogP contribution in [0.1, 0.15) is 24.5 Å². The second-order valence-electron chi connectivity index (χ2n) is 6.15. The van der Waals surface area contributed by atoms with Crippen molar-refractivity contribution in [1.29, 1.82) is 0 Å². The normalized spacial score (nSPS) is 15.6. The van der Waals surface area contributed by atoms with E-state index in [0.717, 1.165) is 23.9 Å². The van der Waals surface area contributed by atoms with Gasteiger partial charge in [-0.1, -0.05) is 12.1 Å². The second kappa shape index (κ2) is 6.67. The Kier molecular flexibility index (Phi) is 4.37. The van der Waals surface area contributed by atoms with Gasteiger partial charge in [0.15, 0.2) is 0 Å². The molecule has 1 unspecified atom stereocenters. The molecule has 1 saturated carbocycles. The number of halogens is 1. The van der Waals surface area contributed by atoms with E-state index in [1.54, 1.807) is 24.3 Å². The van der Waals surface area contributed by atoms with Gasteiger partial charge in [0.25, 0.3) is 0 Å². The van der Waals surface area contributed by atoms with E-state index in [9.17, 15) is 8.60 Å². The summed E-state index contributed by atoms with van der Waals surface area (Å²) in [4.78, 5) is 8.03. The van der Waals surface area contributed by atoms with Crippen LogP contribution in [0.25, 0.3) is 22.2 Å². The Morgan fingerprint density at radius 1 is 1.32 bits per heavy atom. The molecule has 0 amide bonds. The number of aliphatic hydroxyl groups is 1. The van der Waals surface area contributed by atoms with Crippen LogP contribution < -0.4 is 4.72 Å². The molecule has 1 aromatic carbocycles. The van der Waals surface area contributed by atoms with E-state index in [1.807, 2.05) is 6.07 Å². The zero-order valence-electron chi connectivity index (χ0n) is 13.5. The fourth-order valence-corrected chi connectivity index (χ4v) is 3.77. The van der Waals surface area contributed by atoms with Crippen LogP contribution in [0.2, 0.25) is 0 Å². The highest BCUT2D eigenvalue weighted by atomic mass is 32.2. The predicted molar refractivity (Wildman–Crippen MR) is 95.0 cm³/mol. The zero-order valence-corrected chi connectivity index (χ0v) is 14.3. The highest BCUT2D eigenvalue weighted by Gasteiger charge is 2.26. The zero-order chi connectivity index (χ0) is 17.4. The van der Waals surface area contributed by atoms with Gasteiger partial charge in [0.05, 0.1) is 17.7 Å². The minimum atomic E-state index is -1.40. The fourth-order valence-electron chi connectivity index (χ4n) is 2.95. The van der Waals surface area contributed by atoms with Crippen molar-refractivity contribution in [2.45, 2.75) is 23.7 Å². The average Bonchev–Trinajstić information content (AvgIpc) is 3.39. The van der Waals surface area contributed by atoms with Crippen molar-refractivity contribution in [3.63, 3.8) is 0 Å². The first-order valence-electron chi connectivity index (χ1n) is 8.21. The molecule has 0 spiro atoms. The highest BCUT2D eigenvalue weighted by molar-refractivity contribution is 7.83. The third-order valence-electron chi connectivity index (χ3n) is 4.35. The Balaban J connectivity index is 1.71. The summed E-state index contributed by atoms with van der Waals surface area (Å²) < 4.78 is 29.2. The molecule has 1 aliphatic rings. The van der Waals surface area contributed by atoms with E-state index in [0.29, 0.717) is 27.6 Å². The van der Waals surface area contributed by atoms with E-state index in [4.69, 9.17) is 5.11 Å². The Morgan fingerprint density at radius 3 is 2.76 bits per heavy atom. The quantitative estimate of drug-likeness (QED) is 0.633. The van der Waals surface area contributed by atoms with Gasteiger partial charge >= 0.3 is 0 Å². The summed E-state index contributed by atoms with van der Waals surface area (Å²) in [6.45, 7) is 0.169. The van der Waals surface area contributed by atoms with Crippen LogP contribution in [-0.2, 0) is 11.0 Å². The first kappa shape index (κ1) is 16.4. The molecule has 3 aromatic rings. The van der Waals surface area contributed by atoms with Crippen molar-refractivity contribution in [2.24, 2.45) is 0 Å². The van der Waals surface area contributed by atoms with Crippen molar-refractivity contribution in [3.8, 4) is 11.1 Å². The Bertz CT molecular complexity index is 935. The Labute approximate surface area is 146 Å². The molecule has 1 atom stereocenters. The standard InChI is InChI=1S/C18H18FN3O2S/c19-15-10-20-18-14(9-16(22-18)11-1-2-11)17(15)12-3-5-13(6-4-12)25(24)21-7-8-23/h3-6,9-11,21,23H,1-2,7-8H2,(H,20,22). The molecule has 130 valence electrons. The van der Waals surface area contributed by atoms with Crippen LogP contribution in [0.4, 0.5) is 4.39 Å². The summed E-state index contributed by atoms with van der Waals surface area (Å²) in [7, 11) is -1.40. The monoisotopic (exact) mass is 359 g/mol. The van der Waals surface area contributed by atoms with Gasteiger partial charge < -0.3 is 10.1 Å². The summed E-state index contributed by atoms with van der Waals surface area (Å²) in [5, 5.41) is 9.56.